The van der Waals surface area contributed by atoms with Crippen molar-refractivity contribution in [3.8, 4) is 6.07 Å². The molecule has 1 N–H and O–H groups in total. The van der Waals surface area contributed by atoms with Crippen LogP contribution in [0.5, 0.6) is 0 Å². The fraction of sp³-hybridized carbons (Fsp3) is 0. The number of amides is 1. The van der Waals surface area contributed by atoms with E-state index in [2.05, 4.69) is 21.2 Å². The molecule has 0 spiro atoms. The first-order chi connectivity index (χ1) is 8.61. The van der Waals surface area contributed by atoms with Crippen molar-refractivity contribution in [3.63, 3.8) is 0 Å². The van der Waals surface area contributed by atoms with Crippen molar-refractivity contribution in [2.45, 2.75) is 0 Å². The summed E-state index contributed by atoms with van der Waals surface area (Å²) in [5.74, 6) is -1.02. The SMILES string of the molecule is N#Cc1c(F)cccc1NC(=O)c1ccc(Br)s1. The maximum atomic E-state index is 13.3. The van der Waals surface area contributed by atoms with Crippen LogP contribution >= 0.6 is 27.3 Å². The van der Waals surface area contributed by atoms with Gasteiger partial charge in [-0.3, -0.25) is 4.79 Å². The molecule has 1 aromatic carbocycles. The highest BCUT2D eigenvalue weighted by molar-refractivity contribution is 9.11. The number of nitrogens with zero attached hydrogens (tertiary/aromatic N) is 1. The van der Waals surface area contributed by atoms with Crippen molar-refractivity contribution >= 4 is 38.9 Å². The highest BCUT2D eigenvalue weighted by atomic mass is 79.9. The number of carbonyl (C=O) groups is 1. The molecular weight excluding hydrogens is 319 g/mol. The molecule has 0 aliphatic heterocycles. The van der Waals surface area contributed by atoms with Gasteiger partial charge in [0.1, 0.15) is 17.4 Å². The molecular formula is C12H6BrFN2OS. The molecule has 0 atom stereocenters. The van der Waals surface area contributed by atoms with Crippen LogP contribution < -0.4 is 5.32 Å². The number of halogens is 2. The third-order valence-electron chi connectivity index (χ3n) is 2.17. The van der Waals surface area contributed by atoms with E-state index in [-0.39, 0.29) is 17.2 Å². The fourth-order valence-corrected chi connectivity index (χ4v) is 2.64. The quantitative estimate of drug-likeness (QED) is 0.914. The lowest BCUT2D eigenvalue weighted by atomic mass is 10.2. The summed E-state index contributed by atoms with van der Waals surface area (Å²) in [6.45, 7) is 0. The van der Waals surface area contributed by atoms with E-state index in [0.717, 1.165) is 3.79 Å². The fourth-order valence-electron chi connectivity index (χ4n) is 1.36. The summed E-state index contributed by atoms with van der Waals surface area (Å²) < 4.78 is 14.2. The average Bonchev–Trinajstić information content (AvgIpc) is 2.76. The van der Waals surface area contributed by atoms with E-state index in [9.17, 15) is 9.18 Å². The van der Waals surface area contributed by atoms with E-state index in [0.29, 0.717) is 4.88 Å². The second-order valence-corrected chi connectivity index (χ2v) is 5.80. The number of benzene rings is 1. The predicted molar refractivity (Wildman–Crippen MR) is 71.1 cm³/mol. The first-order valence-electron chi connectivity index (χ1n) is 4.87. The van der Waals surface area contributed by atoms with Gasteiger partial charge in [-0.2, -0.15) is 5.26 Å². The lowest BCUT2D eigenvalue weighted by molar-refractivity contribution is 0.103. The van der Waals surface area contributed by atoms with Crippen molar-refractivity contribution < 1.29 is 9.18 Å². The predicted octanol–water partition coefficient (Wildman–Crippen LogP) is 3.77. The van der Waals surface area contributed by atoms with Crippen molar-refractivity contribution in [1.29, 1.82) is 5.26 Å². The Bertz CT molecular complexity index is 648. The van der Waals surface area contributed by atoms with Crippen LogP contribution in [-0.4, -0.2) is 5.91 Å². The minimum absolute atomic E-state index is 0.165. The molecule has 0 saturated carbocycles. The largest absolute Gasteiger partial charge is 0.320 e. The summed E-state index contributed by atoms with van der Waals surface area (Å²) in [4.78, 5) is 12.3. The zero-order valence-electron chi connectivity index (χ0n) is 8.91. The van der Waals surface area contributed by atoms with Crippen LogP contribution in [-0.2, 0) is 0 Å². The van der Waals surface area contributed by atoms with E-state index >= 15 is 0 Å². The number of nitrogens with one attached hydrogen (secondary N) is 1. The minimum atomic E-state index is -0.650. The van der Waals surface area contributed by atoms with Crippen LogP contribution in [0, 0.1) is 17.1 Å². The Morgan fingerprint density at radius 3 is 2.78 bits per heavy atom. The van der Waals surface area contributed by atoms with Gasteiger partial charge in [0, 0.05) is 0 Å². The molecule has 0 aliphatic carbocycles. The molecule has 0 fully saturated rings. The van der Waals surface area contributed by atoms with Crippen LogP contribution in [0.1, 0.15) is 15.2 Å². The summed E-state index contributed by atoms with van der Waals surface area (Å²) >= 11 is 4.51. The Hall–Kier alpha value is -1.71. The zero-order valence-corrected chi connectivity index (χ0v) is 11.3. The topological polar surface area (TPSA) is 52.9 Å². The highest BCUT2D eigenvalue weighted by Crippen LogP contribution is 2.24. The number of carbonyl (C=O) groups excluding carboxylic acids is 1. The monoisotopic (exact) mass is 324 g/mol. The molecule has 6 heteroatoms. The summed E-state index contributed by atoms with van der Waals surface area (Å²) in [5.41, 5.74) is 0.00787. The van der Waals surface area contributed by atoms with Crippen LogP contribution in [0.15, 0.2) is 34.1 Å². The van der Waals surface area contributed by atoms with E-state index in [1.807, 2.05) is 0 Å². The van der Waals surface area contributed by atoms with Gasteiger partial charge in [0.05, 0.1) is 14.4 Å². The summed E-state index contributed by atoms with van der Waals surface area (Å²) in [6.07, 6.45) is 0. The molecule has 0 bridgehead atoms. The Morgan fingerprint density at radius 1 is 1.39 bits per heavy atom. The third kappa shape index (κ3) is 2.58. The molecule has 0 aliphatic rings. The molecule has 3 nitrogen and oxygen atoms in total. The maximum absolute atomic E-state index is 13.3. The number of thiophene rings is 1. The van der Waals surface area contributed by atoms with E-state index in [4.69, 9.17) is 5.26 Å². The first-order valence-corrected chi connectivity index (χ1v) is 6.48. The van der Waals surface area contributed by atoms with Gasteiger partial charge >= 0.3 is 0 Å². The van der Waals surface area contributed by atoms with Gasteiger partial charge in [0.15, 0.2) is 0 Å². The van der Waals surface area contributed by atoms with Gasteiger partial charge < -0.3 is 5.32 Å². The number of nitriles is 1. The molecule has 1 aromatic heterocycles. The van der Waals surface area contributed by atoms with Crippen molar-refractivity contribution in [2.75, 3.05) is 5.32 Å². The Balaban J connectivity index is 2.28. The molecule has 0 saturated heterocycles. The van der Waals surface area contributed by atoms with Crippen LogP contribution in [0.3, 0.4) is 0 Å². The first kappa shape index (κ1) is 12.7. The lowest BCUT2D eigenvalue weighted by Crippen LogP contribution is -2.11. The normalized spacial score (nSPS) is 9.83. The van der Waals surface area contributed by atoms with Gasteiger partial charge in [0.25, 0.3) is 5.91 Å². The van der Waals surface area contributed by atoms with Crippen molar-refractivity contribution in [3.05, 3.63) is 50.4 Å². The van der Waals surface area contributed by atoms with Crippen LogP contribution in [0.25, 0.3) is 0 Å². The summed E-state index contributed by atoms with van der Waals surface area (Å²) in [7, 11) is 0. The number of hydrogen-bond donors (Lipinski definition) is 1. The second kappa shape index (κ2) is 5.29. The smallest absolute Gasteiger partial charge is 0.265 e. The molecule has 2 rings (SSSR count). The molecule has 18 heavy (non-hydrogen) atoms. The molecule has 90 valence electrons. The maximum Gasteiger partial charge on any atom is 0.265 e. The van der Waals surface area contributed by atoms with Gasteiger partial charge in [0.2, 0.25) is 0 Å². The average molecular weight is 325 g/mol. The summed E-state index contributed by atoms with van der Waals surface area (Å²) in [5, 5.41) is 11.4. The molecule has 1 amide bonds. The summed E-state index contributed by atoms with van der Waals surface area (Å²) in [6, 6.07) is 9.23. The lowest BCUT2D eigenvalue weighted by Gasteiger charge is -2.05. The van der Waals surface area contributed by atoms with E-state index in [1.54, 1.807) is 18.2 Å². The molecule has 2 aromatic rings. The second-order valence-electron chi connectivity index (χ2n) is 3.33. The van der Waals surface area contributed by atoms with Crippen LogP contribution in [0.4, 0.5) is 10.1 Å². The van der Waals surface area contributed by atoms with E-state index in [1.165, 1.54) is 29.5 Å². The molecule has 1 heterocycles. The van der Waals surface area contributed by atoms with Crippen LogP contribution in [0.2, 0.25) is 0 Å². The number of anilines is 1. The number of hydrogen-bond acceptors (Lipinski definition) is 3. The highest BCUT2D eigenvalue weighted by Gasteiger charge is 2.13. The Morgan fingerprint density at radius 2 is 2.17 bits per heavy atom. The van der Waals surface area contributed by atoms with Crippen molar-refractivity contribution in [2.24, 2.45) is 0 Å². The zero-order chi connectivity index (χ0) is 13.1. The van der Waals surface area contributed by atoms with Crippen molar-refractivity contribution in [1.82, 2.24) is 0 Å². The van der Waals surface area contributed by atoms with Gasteiger partial charge in [-0.15, -0.1) is 11.3 Å². The number of rotatable bonds is 2. The van der Waals surface area contributed by atoms with Gasteiger partial charge in [-0.05, 0) is 40.2 Å². The van der Waals surface area contributed by atoms with Gasteiger partial charge in [-0.25, -0.2) is 4.39 Å². The van der Waals surface area contributed by atoms with E-state index < -0.39 is 5.82 Å². The third-order valence-corrected chi connectivity index (χ3v) is 3.79. The molecule has 0 radical (unpaired) electrons. The van der Waals surface area contributed by atoms with Gasteiger partial charge in [-0.1, -0.05) is 6.07 Å². The Kier molecular flexibility index (Phi) is 3.75. The minimum Gasteiger partial charge on any atom is -0.320 e. The molecule has 0 unspecified atom stereocenters. The standard InChI is InChI=1S/C12H6BrFN2OS/c13-11-5-4-10(18-11)12(17)16-9-3-1-2-8(14)7(9)6-15/h1-5H,(H,16,17). The Labute approximate surface area is 115 Å².